The van der Waals surface area contributed by atoms with Crippen LogP contribution in [0.3, 0.4) is 0 Å². The van der Waals surface area contributed by atoms with Crippen LogP contribution in [0.1, 0.15) is 39.5 Å². The maximum atomic E-state index is 5.58. The third-order valence-electron chi connectivity index (χ3n) is 1.93. The van der Waals surface area contributed by atoms with Gasteiger partial charge in [0, 0.05) is 12.6 Å². The van der Waals surface area contributed by atoms with Crippen molar-refractivity contribution >= 4 is 0 Å². The van der Waals surface area contributed by atoms with Crippen molar-refractivity contribution in [2.75, 3.05) is 13.1 Å². The van der Waals surface area contributed by atoms with Gasteiger partial charge in [0.05, 0.1) is 0 Å². The van der Waals surface area contributed by atoms with Crippen molar-refractivity contribution in [1.82, 2.24) is 5.32 Å². The molecule has 0 spiro atoms. The van der Waals surface area contributed by atoms with Gasteiger partial charge in [-0.25, -0.2) is 0 Å². The van der Waals surface area contributed by atoms with E-state index in [1.807, 2.05) is 0 Å². The monoisotopic (exact) mass is 158 g/mol. The number of hydrogen-bond donors (Lipinski definition) is 2. The summed E-state index contributed by atoms with van der Waals surface area (Å²) in [4.78, 5) is 0. The minimum Gasteiger partial charge on any atom is -0.329 e. The van der Waals surface area contributed by atoms with E-state index < -0.39 is 0 Å². The molecule has 11 heavy (non-hydrogen) atoms. The SMILES string of the molecule is CCCCCC(CN)NCC. The fourth-order valence-corrected chi connectivity index (χ4v) is 1.23. The van der Waals surface area contributed by atoms with E-state index in [0.29, 0.717) is 6.04 Å². The van der Waals surface area contributed by atoms with Crippen molar-refractivity contribution in [2.24, 2.45) is 5.73 Å². The van der Waals surface area contributed by atoms with E-state index in [1.54, 1.807) is 0 Å². The highest BCUT2D eigenvalue weighted by atomic mass is 14.9. The lowest BCUT2D eigenvalue weighted by atomic mass is 10.1. The van der Waals surface area contributed by atoms with Crippen molar-refractivity contribution in [2.45, 2.75) is 45.6 Å². The Morgan fingerprint density at radius 2 is 2.00 bits per heavy atom. The third-order valence-corrected chi connectivity index (χ3v) is 1.93. The highest BCUT2D eigenvalue weighted by Crippen LogP contribution is 2.01. The molecule has 0 aliphatic heterocycles. The summed E-state index contributed by atoms with van der Waals surface area (Å²) in [6.07, 6.45) is 5.18. The summed E-state index contributed by atoms with van der Waals surface area (Å²) in [5.41, 5.74) is 5.58. The first-order valence-corrected chi connectivity index (χ1v) is 4.78. The van der Waals surface area contributed by atoms with E-state index in [1.165, 1.54) is 25.7 Å². The predicted octanol–water partition coefficient (Wildman–Crippen LogP) is 1.50. The lowest BCUT2D eigenvalue weighted by Gasteiger charge is -2.14. The van der Waals surface area contributed by atoms with Crippen LogP contribution in [0.2, 0.25) is 0 Å². The molecule has 0 rings (SSSR count). The molecule has 0 aliphatic rings. The smallest absolute Gasteiger partial charge is 0.0190 e. The van der Waals surface area contributed by atoms with Crippen LogP contribution in [-0.4, -0.2) is 19.1 Å². The highest BCUT2D eigenvalue weighted by Gasteiger charge is 2.02. The van der Waals surface area contributed by atoms with Crippen molar-refractivity contribution in [3.8, 4) is 0 Å². The Bertz CT molecular complexity index is 74.0. The molecule has 0 heterocycles. The number of likely N-dealkylation sites (N-methyl/N-ethyl adjacent to an activating group) is 1. The van der Waals surface area contributed by atoms with Crippen LogP contribution in [0.15, 0.2) is 0 Å². The topological polar surface area (TPSA) is 38.0 Å². The molecular weight excluding hydrogens is 136 g/mol. The molecular formula is C9H22N2. The average molecular weight is 158 g/mol. The molecule has 1 unspecified atom stereocenters. The zero-order valence-corrected chi connectivity index (χ0v) is 7.90. The summed E-state index contributed by atoms with van der Waals surface area (Å²) in [5.74, 6) is 0. The lowest BCUT2D eigenvalue weighted by Crippen LogP contribution is -2.35. The van der Waals surface area contributed by atoms with Crippen LogP contribution in [-0.2, 0) is 0 Å². The fraction of sp³-hybridized carbons (Fsp3) is 1.00. The quantitative estimate of drug-likeness (QED) is 0.551. The molecule has 0 fully saturated rings. The van der Waals surface area contributed by atoms with Gasteiger partial charge in [-0.3, -0.25) is 0 Å². The van der Waals surface area contributed by atoms with Gasteiger partial charge in [0.2, 0.25) is 0 Å². The van der Waals surface area contributed by atoms with Gasteiger partial charge in [0.15, 0.2) is 0 Å². The Kier molecular flexibility index (Phi) is 7.96. The number of nitrogens with two attached hydrogens (primary N) is 1. The van der Waals surface area contributed by atoms with Crippen molar-refractivity contribution in [1.29, 1.82) is 0 Å². The summed E-state index contributed by atoms with van der Waals surface area (Å²) in [7, 11) is 0. The number of nitrogens with one attached hydrogen (secondary N) is 1. The zero-order chi connectivity index (χ0) is 8.53. The number of unbranched alkanes of at least 4 members (excludes halogenated alkanes) is 2. The number of rotatable bonds is 7. The van der Waals surface area contributed by atoms with Gasteiger partial charge >= 0.3 is 0 Å². The van der Waals surface area contributed by atoms with Crippen molar-refractivity contribution in [3.05, 3.63) is 0 Å². The van der Waals surface area contributed by atoms with Gasteiger partial charge in [-0.1, -0.05) is 33.1 Å². The largest absolute Gasteiger partial charge is 0.329 e. The van der Waals surface area contributed by atoms with E-state index in [9.17, 15) is 0 Å². The Balaban J connectivity index is 3.20. The normalized spacial score (nSPS) is 13.4. The summed E-state index contributed by atoms with van der Waals surface area (Å²) in [5, 5.41) is 3.37. The Morgan fingerprint density at radius 3 is 2.45 bits per heavy atom. The lowest BCUT2D eigenvalue weighted by molar-refractivity contribution is 0.476. The fourth-order valence-electron chi connectivity index (χ4n) is 1.23. The van der Waals surface area contributed by atoms with E-state index in [-0.39, 0.29) is 0 Å². The predicted molar refractivity (Wildman–Crippen MR) is 50.7 cm³/mol. The average Bonchev–Trinajstić information content (AvgIpc) is 2.03. The van der Waals surface area contributed by atoms with Gasteiger partial charge in [0.25, 0.3) is 0 Å². The molecule has 0 aromatic heterocycles. The maximum absolute atomic E-state index is 5.58. The third kappa shape index (κ3) is 6.32. The minimum absolute atomic E-state index is 0.548. The molecule has 3 N–H and O–H groups in total. The molecule has 0 bridgehead atoms. The van der Waals surface area contributed by atoms with Crippen LogP contribution >= 0.6 is 0 Å². The van der Waals surface area contributed by atoms with Gasteiger partial charge in [-0.2, -0.15) is 0 Å². The van der Waals surface area contributed by atoms with Crippen LogP contribution in [0.25, 0.3) is 0 Å². The first-order chi connectivity index (χ1) is 5.35. The summed E-state index contributed by atoms with van der Waals surface area (Å²) < 4.78 is 0. The van der Waals surface area contributed by atoms with E-state index in [0.717, 1.165) is 13.1 Å². The first-order valence-electron chi connectivity index (χ1n) is 4.78. The van der Waals surface area contributed by atoms with Gasteiger partial charge in [-0.15, -0.1) is 0 Å². The molecule has 0 aliphatic carbocycles. The Labute approximate surface area is 70.5 Å². The van der Waals surface area contributed by atoms with E-state index in [2.05, 4.69) is 19.2 Å². The first kappa shape index (κ1) is 10.9. The zero-order valence-electron chi connectivity index (χ0n) is 7.90. The van der Waals surface area contributed by atoms with Crippen LogP contribution in [0, 0.1) is 0 Å². The summed E-state index contributed by atoms with van der Waals surface area (Å²) in [6, 6.07) is 0.548. The van der Waals surface area contributed by atoms with Crippen LogP contribution in [0.4, 0.5) is 0 Å². The molecule has 2 heteroatoms. The Morgan fingerprint density at radius 1 is 1.27 bits per heavy atom. The van der Waals surface area contributed by atoms with Gasteiger partial charge in [0.1, 0.15) is 0 Å². The summed E-state index contributed by atoms with van der Waals surface area (Å²) >= 11 is 0. The molecule has 0 amide bonds. The molecule has 0 radical (unpaired) electrons. The Hall–Kier alpha value is -0.0800. The molecule has 0 saturated carbocycles. The van der Waals surface area contributed by atoms with Crippen LogP contribution < -0.4 is 11.1 Å². The van der Waals surface area contributed by atoms with Crippen molar-refractivity contribution in [3.63, 3.8) is 0 Å². The van der Waals surface area contributed by atoms with Gasteiger partial charge < -0.3 is 11.1 Å². The van der Waals surface area contributed by atoms with E-state index in [4.69, 9.17) is 5.73 Å². The molecule has 68 valence electrons. The second kappa shape index (κ2) is 8.02. The second-order valence-electron chi connectivity index (χ2n) is 2.99. The standard InChI is InChI=1S/C9H22N2/c1-3-5-6-7-9(8-10)11-4-2/h9,11H,3-8,10H2,1-2H3. The van der Waals surface area contributed by atoms with E-state index >= 15 is 0 Å². The van der Waals surface area contributed by atoms with Crippen molar-refractivity contribution < 1.29 is 0 Å². The van der Waals surface area contributed by atoms with Crippen LogP contribution in [0.5, 0.6) is 0 Å². The molecule has 1 atom stereocenters. The van der Waals surface area contributed by atoms with Gasteiger partial charge in [-0.05, 0) is 13.0 Å². The highest BCUT2D eigenvalue weighted by molar-refractivity contribution is 4.65. The molecule has 0 aromatic rings. The summed E-state index contributed by atoms with van der Waals surface area (Å²) in [6.45, 7) is 6.17. The minimum atomic E-state index is 0.548. The molecule has 0 saturated heterocycles. The maximum Gasteiger partial charge on any atom is 0.0190 e. The molecule has 0 aromatic carbocycles. The number of hydrogen-bond acceptors (Lipinski definition) is 2. The second-order valence-corrected chi connectivity index (χ2v) is 2.99. The molecule has 2 nitrogen and oxygen atoms in total.